The van der Waals surface area contributed by atoms with Crippen molar-refractivity contribution in [2.45, 2.75) is 25.8 Å². The fraction of sp³-hybridized carbons (Fsp3) is 0.333. The number of ether oxygens (including phenoxy) is 1. The minimum absolute atomic E-state index is 0.125. The molecule has 0 radical (unpaired) electrons. The third kappa shape index (κ3) is 2.66. The zero-order valence-corrected chi connectivity index (χ0v) is 14.9. The van der Waals surface area contributed by atoms with Gasteiger partial charge in [0.05, 0.1) is 12.2 Å². The molecule has 1 fully saturated rings. The predicted molar refractivity (Wildman–Crippen MR) is 95.1 cm³/mol. The highest BCUT2D eigenvalue weighted by Crippen LogP contribution is 2.47. The van der Waals surface area contributed by atoms with Gasteiger partial charge in [-0.1, -0.05) is 29.5 Å². The lowest BCUT2D eigenvalue weighted by molar-refractivity contribution is -0.118. The van der Waals surface area contributed by atoms with E-state index in [1.807, 2.05) is 19.1 Å². The van der Waals surface area contributed by atoms with Crippen molar-refractivity contribution in [2.75, 3.05) is 11.5 Å². The van der Waals surface area contributed by atoms with Gasteiger partial charge in [0, 0.05) is 11.5 Å². The molecule has 0 saturated heterocycles. The first-order valence-electron chi connectivity index (χ1n) is 8.42. The van der Waals surface area contributed by atoms with Crippen LogP contribution in [0.4, 0.5) is 5.13 Å². The minimum atomic E-state index is -0.772. The first kappa shape index (κ1) is 16.7. The Labute approximate surface area is 153 Å². The maximum Gasteiger partial charge on any atom is 0.296 e. The SMILES string of the molecule is CCOc1ccccc1C1C(C(=O)C2CC2)=C(O)C(=O)N1c1nncs1. The van der Waals surface area contributed by atoms with Gasteiger partial charge in [-0.2, -0.15) is 0 Å². The van der Waals surface area contributed by atoms with E-state index in [2.05, 4.69) is 10.2 Å². The maximum atomic E-state index is 12.9. The van der Waals surface area contributed by atoms with E-state index in [-0.39, 0.29) is 17.3 Å². The van der Waals surface area contributed by atoms with E-state index in [9.17, 15) is 14.7 Å². The summed E-state index contributed by atoms with van der Waals surface area (Å²) in [5, 5.41) is 18.6. The van der Waals surface area contributed by atoms with Gasteiger partial charge < -0.3 is 9.84 Å². The number of anilines is 1. The number of rotatable bonds is 6. The molecule has 2 heterocycles. The Morgan fingerprint density at radius 1 is 1.38 bits per heavy atom. The van der Waals surface area contributed by atoms with Crippen LogP contribution >= 0.6 is 11.3 Å². The monoisotopic (exact) mass is 371 g/mol. The molecule has 1 unspecified atom stereocenters. The van der Waals surface area contributed by atoms with Crippen LogP contribution in [0.3, 0.4) is 0 Å². The summed E-state index contributed by atoms with van der Waals surface area (Å²) in [6, 6.07) is 6.46. The minimum Gasteiger partial charge on any atom is -0.503 e. The lowest BCUT2D eigenvalue weighted by Gasteiger charge is -2.25. The number of aliphatic hydroxyl groups is 1. The van der Waals surface area contributed by atoms with Crippen LogP contribution < -0.4 is 9.64 Å². The maximum absolute atomic E-state index is 12.9. The number of para-hydroxylation sites is 1. The highest BCUT2D eigenvalue weighted by Gasteiger charge is 2.49. The topological polar surface area (TPSA) is 92.6 Å². The molecule has 1 aliphatic heterocycles. The molecular formula is C18H17N3O4S. The van der Waals surface area contributed by atoms with Crippen LogP contribution in [0.15, 0.2) is 41.1 Å². The summed E-state index contributed by atoms with van der Waals surface area (Å²) in [6.45, 7) is 2.31. The van der Waals surface area contributed by atoms with Crippen molar-refractivity contribution in [1.82, 2.24) is 10.2 Å². The standard InChI is InChI=1S/C18H17N3O4S/c1-2-25-12-6-4-3-5-11(12)14-13(15(22)10-7-8-10)16(23)17(24)21(14)18-20-19-9-26-18/h3-6,9-10,14,23H,2,7-8H2,1H3. The molecule has 1 aromatic heterocycles. The van der Waals surface area contributed by atoms with Gasteiger partial charge in [-0.05, 0) is 25.8 Å². The molecule has 1 saturated carbocycles. The number of hydrogen-bond acceptors (Lipinski definition) is 7. The van der Waals surface area contributed by atoms with E-state index in [0.29, 0.717) is 23.1 Å². The zero-order chi connectivity index (χ0) is 18.3. The number of amides is 1. The Morgan fingerprint density at radius 2 is 2.15 bits per heavy atom. The van der Waals surface area contributed by atoms with Crippen molar-refractivity contribution in [3.63, 3.8) is 0 Å². The molecule has 134 valence electrons. The fourth-order valence-corrected chi connectivity index (χ4v) is 3.76. The van der Waals surface area contributed by atoms with Crippen LogP contribution in [0.25, 0.3) is 0 Å². The second-order valence-electron chi connectivity index (χ2n) is 6.17. The number of hydrogen-bond donors (Lipinski definition) is 1. The van der Waals surface area contributed by atoms with Crippen LogP contribution in [-0.4, -0.2) is 33.6 Å². The normalized spacial score (nSPS) is 20.0. The van der Waals surface area contributed by atoms with E-state index in [1.165, 1.54) is 21.7 Å². The Kier molecular flexibility index (Phi) is 4.20. The predicted octanol–water partition coefficient (Wildman–Crippen LogP) is 2.82. The molecular weight excluding hydrogens is 354 g/mol. The average molecular weight is 371 g/mol. The lowest BCUT2D eigenvalue weighted by atomic mass is 9.93. The largest absolute Gasteiger partial charge is 0.503 e. The van der Waals surface area contributed by atoms with Crippen molar-refractivity contribution in [3.8, 4) is 5.75 Å². The van der Waals surface area contributed by atoms with E-state index >= 15 is 0 Å². The van der Waals surface area contributed by atoms with Gasteiger partial charge in [0.1, 0.15) is 17.3 Å². The highest BCUT2D eigenvalue weighted by atomic mass is 32.1. The molecule has 1 amide bonds. The number of aliphatic hydroxyl groups excluding tert-OH is 1. The van der Waals surface area contributed by atoms with E-state index in [1.54, 1.807) is 12.1 Å². The second-order valence-corrected chi connectivity index (χ2v) is 6.98. The van der Waals surface area contributed by atoms with Crippen LogP contribution in [0, 0.1) is 5.92 Å². The molecule has 1 aromatic carbocycles. The molecule has 1 N–H and O–H groups in total. The van der Waals surface area contributed by atoms with Gasteiger partial charge in [-0.15, -0.1) is 10.2 Å². The van der Waals surface area contributed by atoms with Crippen LogP contribution in [0.1, 0.15) is 31.4 Å². The Bertz CT molecular complexity index is 890. The van der Waals surface area contributed by atoms with E-state index in [0.717, 1.165) is 12.8 Å². The smallest absolute Gasteiger partial charge is 0.296 e. The highest BCUT2D eigenvalue weighted by molar-refractivity contribution is 7.13. The summed E-state index contributed by atoms with van der Waals surface area (Å²) in [6.07, 6.45) is 1.56. The number of carbonyl (C=O) groups is 2. The summed E-state index contributed by atoms with van der Waals surface area (Å²) in [7, 11) is 0. The molecule has 0 bridgehead atoms. The molecule has 26 heavy (non-hydrogen) atoms. The van der Waals surface area contributed by atoms with Crippen molar-refractivity contribution in [3.05, 3.63) is 46.7 Å². The van der Waals surface area contributed by atoms with Crippen LogP contribution in [0.5, 0.6) is 5.75 Å². The summed E-state index contributed by atoms with van der Waals surface area (Å²) >= 11 is 1.17. The number of benzene rings is 1. The molecule has 7 nitrogen and oxygen atoms in total. The van der Waals surface area contributed by atoms with E-state index in [4.69, 9.17) is 4.74 Å². The number of ketones is 1. The number of Topliss-reactive ketones (excluding diaryl/α,β-unsaturated/α-hetero) is 1. The molecule has 1 aliphatic carbocycles. The third-order valence-electron chi connectivity index (χ3n) is 4.49. The molecule has 1 atom stereocenters. The van der Waals surface area contributed by atoms with Gasteiger partial charge in [-0.25, -0.2) is 0 Å². The Balaban J connectivity index is 1.88. The van der Waals surface area contributed by atoms with Gasteiger partial charge in [0.15, 0.2) is 11.5 Å². The Morgan fingerprint density at radius 3 is 2.81 bits per heavy atom. The molecule has 4 rings (SSSR count). The first-order chi connectivity index (χ1) is 12.6. The Hall–Kier alpha value is -2.74. The second kappa shape index (κ2) is 6.53. The molecule has 2 aliphatic rings. The van der Waals surface area contributed by atoms with Crippen molar-refractivity contribution in [2.24, 2.45) is 5.92 Å². The summed E-state index contributed by atoms with van der Waals surface area (Å²) in [5.41, 5.74) is 2.28. The first-order valence-corrected chi connectivity index (χ1v) is 9.30. The van der Waals surface area contributed by atoms with Gasteiger partial charge >= 0.3 is 0 Å². The number of nitrogens with zero attached hydrogens (tertiary/aromatic N) is 3. The van der Waals surface area contributed by atoms with Gasteiger partial charge in [0.2, 0.25) is 5.13 Å². The quantitative estimate of drug-likeness (QED) is 0.839. The molecule has 8 heteroatoms. The summed E-state index contributed by atoms with van der Waals surface area (Å²) in [4.78, 5) is 27.0. The van der Waals surface area contributed by atoms with Gasteiger partial charge in [-0.3, -0.25) is 14.5 Å². The number of carbonyl (C=O) groups excluding carboxylic acids is 2. The van der Waals surface area contributed by atoms with Crippen LogP contribution in [0.2, 0.25) is 0 Å². The van der Waals surface area contributed by atoms with Gasteiger partial charge in [0.25, 0.3) is 5.91 Å². The third-order valence-corrected chi connectivity index (χ3v) is 5.18. The van der Waals surface area contributed by atoms with Crippen molar-refractivity contribution < 1.29 is 19.4 Å². The van der Waals surface area contributed by atoms with Crippen molar-refractivity contribution >= 4 is 28.2 Å². The average Bonchev–Trinajstić information content (AvgIpc) is 3.30. The zero-order valence-electron chi connectivity index (χ0n) is 14.1. The van der Waals surface area contributed by atoms with Crippen molar-refractivity contribution in [1.29, 1.82) is 0 Å². The lowest BCUT2D eigenvalue weighted by Crippen LogP contribution is -2.31. The summed E-state index contributed by atoms with van der Waals surface area (Å²) in [5.74, 6) is -0.885. The molecule has 2 aromatic rings. The molecule has 0 spiro atoms. The number of aromatic nitrogens is 2. The van der Waals surface area contributed by atoms with Crippen LogP contribution in [-0.2, 0) is 9.59 Å². The van der Waals surface area contributed by atoms with E-state index < -0.39 is 17.7 Å². The fourth-order valence-electron chi connectivity index (χ4n) is 3.18. The summed E-state index contributed by atoms with van der Waals surface area (Å²) < 4.78 is 5.70.